The summed E-state index contributed by atoms with van der Waals surface area (Å²) in [5.74, 6) is 1.66. The van der Waals surface area contributed by atoms with Crippen LogP contribution < -0.4 is 0 Å². The summed E-state index contributed by atoms with van der Waals surface area (Å²) in [6.07, 6.45) is 1.46. The fourth-order valence-corrected chi connectivity index (χ4v) is 3.15. The van der Waals surface area contributed by atoms with Crippen molar-refractivity contribution in [1.29, 1.82) is 0 Å². The number of aliphatic imine (C=N–C) groups is 2. The number of hydrogen-bond donors (Lipinski definition) is 0. The van der Waals surface area contributed by atoms with Crippen molar-refractivity contribution in [3.63, 3.8) is 0 Å². The third kappa shape index (κ3) is 2.36. The molecule has 0 N–H and O–H groups in total. The van der Waals surface area contributed by atoms with Gasteiger partial charge in [0.1, 0.15) is 0 Å². The van der Waals surface area contributed by atoms with E-state index < -0.39 is 6.29 Å². The minimum Gasteiger partial charge on any atom is -0.344 e. The quantitative estimate of drug-likeness (QED) is 0.481. The molecule has 8 nitrogen and oxygen atoms in total. The van der Waals surface area contributed by atoms with Gasteiger partial charge < -0.3 is 9.80 Å². The Bertz CT molecular complexity index is 805. The predicted molar refractivity (Wildman–Crippen MR) is 92.2 cm³/mol. The molecule has 1 atom stereocenters. The Balaban J connectivity index is 1.73. The van der Waals surface area contributed by atoms with Crippen molar-refractivity contribution in [3.05, 3.63) is 57.2 Å². The van der Waals surface area contributed by atoms with Gasteiger partial charge in [-0.3, -0.25) is 9.89 Å². The lowest BCUT2D eigenvalue weighted by Crippen LogP contribution is -2.48. The van der Waals surface area contributed by atoms with Gasteiger partial charge in [-0.15, -0.1) is 0 Å². The van der Waals surface area contributed by atoms with E-state index in [-0.39, 0.29) is 0 Å². The third-order valence-corrected chi connectivity index (χ3v) is 4.48. The van der Waals surface area contributed by atoms with E-state index in [0.717, 1.165) is 36.1 Å². The van der Waals surface area contributed by atoms with Gasteiger partial charge in [-0.2, -0.15) is 0 Å². The molecule has 0 fully saturated rings. The summed E-state index contributed by atoms with van der Waals surface area (Å²) in [6.45, 7) is 2.22. The number of azide groups is 1. The van der Waals surface area contributed by atoms with Crippen LogP contribution in [0.2, 0.25) is 5.02 Å². The van der Waals surface area contributed by atoms with Crippen LogP contribution in [-0.4, -0.2) is 52.9 Å². The van der Waals surface area contributed by atoms with Gasteiger partial charge in [-0.05, 0) is 28.3 Å². The van der Waals surface area contributed by atoms with Crippen LogP contribution >= 0.6 is 11.6 Å². The normalized spacial score (nSPS) is 21.7. The van der Waals surface area contributed by atoms with Gasteiger partial charge in [-0.25, -0.2) is 4.99 Å². The molecule has 0 amide bonds. The lowest BCUT2D eigenvalue weighted by atomic mass is 10.2. The number of rotatable bonds is 3. The first-order valence-electron chi connectivity index (χ1n) is 7.57. The van der Waals surface area contributed by atoms with Crippen molar-refractivity contribution < 1.29 is 0 Å². The third-order valence-electron chi connectivity index (χ3n) is 4.23. The van der Waals surface area contributed by atoms with Crippen LogP contribution in [0.25, 0.3) is 10.4 Å². The molecule has 0 spiro atoms. The Kier molecular flexibility index (Phi) is 3.55. The molecule has 0 radical (unpaired) electrons. The van der Waals surface area contributed by atoms with Crippen LogP contribution in [0.3, 0.4) is 0 Å². The highest BCUT2D eigenvalue weighted by atomic mass is 35.5. The van der Waals surface area contributed by atoms with Gasteiger partial charge in [0.2, 0.25) is 12.2 Å². The molecule has 1 aromatic rings. The number of fused-ring (bicyclic) bond motifs is 2. The molecule has 3 aliphatic rings. The van der Waals surface area contributed by atoms with E-state index in [9.17, 15) is 0 Å². The maximum Gasteiger partial charge on any atom is 0.207 e. The molecule has 3 heterocycles. The van der Waals surface area contributed by atoms with Crippen molar-refractivity contribution >= 4 is 23.4 Å². The van der Waals surface area contributed by atoms with E-state index in [0.29, 0.717) is 11.6 Å². The highest BCUT2D eigenvalue weighted by Gasteiger charge is 2.39. The zero-order valence-electron chi connectivity index (χ0n) is 13.0. The average molecular weight is 343 g/mol. The highest BCUT2D eigenvalue weighted by molar-refractivity contribution is 6.30. The lowest BCUT2D eigenvalue weighted by molar-refractivity contribution is 0.345. The van der Waals surface area contributed by atoms with E-state index in [4.69, 9.17) is 17.1 Å². The number of halogens is 1. The fourth-order valence-electron chi connectivity index (χ4n) is 3.02. The van der Waals surface area contributed by atoms with Crippen molar-refractivity contribution in [1.82, 2.24) is 14.7 Å². The van der Waals surface area contributed by atoms with Crippen LogP contribution in [0.1, 0.15) is 5.56 Å². The molecule has 122 valence electrons. The topological polar surface area (TPSA) is 83.2 Å². The predicted octanol–water partition coefficient (Wildman–Crippen LogP) is 2.61. The summed E-state index contributed by atoms with van der Waals surface area (Å²) in [6, 6.07) is 7.73. The second kappa shape index (κ2) is 5.74. The Morgan fingerprint density at radius 3 is 2.92 bits per heavy atom. The molecule has 0 aliphatic carbocycles. The number of amidine groups is 1. The summed E-state index contributed by atoms with van der Waals surface area (Å²) in [7, 11) is 1.88. The van der Waals surface area contributed by atoms with Crippen molar-refractivity contribution in [2.45, 2.75) is 12.8 Å². The van der Waals surface area contributed by atoms with E-state index in [1.54, 1.807) is 0 Å². The van der Waals surface area contributed by atoms with Gasteiger partial charge >= 0.3 is 0 Å². The van der Waals surface area contributed by atoms with Crippen LogP contribution in [0.15, 0.2) is 51.3 Å². The zero-order chi connectivity index (χ0) is 16.7. The first kappa shape index (κ1) is 14.9. The average Bonchev–Trinajstić information content (AvgIpc) is 3.16. The molecular formula is C15H15ClN8. The van der Waals surface area contributed by atoms with E-state index >= 15 is 0 Å². The first-order valence-corrected chi connectivity index (χ1v) is 7.95. The molecule has 0 aromatic heterocycles. The second-order valence-electron chi connectivity index (χ2n) is 5.72. The first-order chi connectivity index (χ1) is 11.7. The number of hydrogen-bond acceptors (Lipinski definition) is 6. The van der Waals surface area contributed by atoms with E-state index in [2.05, 4.69) is 29.8 Å². The summed E-state index contributed by atoms with van der Waals surface area (Å²) >= 11 is 5.97. The smallest absolute Gasteiger partial charge is 0.207 e. The number of guanidine groups is 1. The standard InChI is InChI=1S/C15H15ClN8/c1-22-12-9-23-7-6-18-15(23)24(13(12)19-14(22)20-21-17)8-10-2-4-11(16)5-3-10/h2-5,9,14H,6-8H2,1H3. The highest BCUT2D eigenvalue weighted by Crippen LogP contribution is 2.30. The van der Waals surface area contributed by atoms with Gasteiger partial charge in [-0.1, -0.05) is 23.7 Å². The minimum atomic E-state index is -0.565. The molecular weight excluding hydrogens is 328 g/mol. The van der Waals surface area contributed by atoms with Crippen LogP contribution in [0, 0.1) is 0 Å². The molecule has 0 saturated heterocycles. The monoisotopic (exact) mass is 342 g/mol. The Morgan fingerprint density at radius 2 is 2.17 bits per heavy atom. The molecule has 0 saturated carbocycles. The summed E-state index contributed by atoms with van der Waals surface area (Å²) < 4.78 is 0. The number of benzene rings is 1. The van der Waals surface area contributed by atoms with Gasteiger partial charge in [0, 0.05) is 29.7 Å². The maximum absolute atomic E-state index is 8.75. The Labute approximate surface area is 144 Å². The molecule has 1 aromatic carbocycles. The molecule has 1 unspecified atom stereocenters. The summed E-state index contributed by atoms with van der Waals surface area (Å²) in [5, 5.41) is 4.46. The maximum atomic E-state index is 8.75. The lowest BCUT2D eigenvalue weighted by Gasteiger charge is -2.35. The SMILES string of the molecule is CN1C2=CN3CCN=C3N(Cc3ccc(Cl)cc3)C2=NC1N=[N+]=[N-]. The van der Waals surface area contributed by atoms with Gasteiger partial charge in [0.25, 0.3) is 0 Å². The van der Waals surface area contributed by atoms with Crippen molar-refractivity contribution in [2.75, 3.05) is 20.1 Å². The summed E-state index contributed by atoms with van der Waals surface area (Å²) in [4.78, 5) is 18.1. The largest absolute Gasteiger partial charge is 0.344 e. The van der Waals surface area contributed by atoms with E-state index in [1.807, 2.05) is 42.4 Å². The molecule has 0 bridgehead atoms. The zero-order valence-corrected chi connectivity index (χ0v) is 13.8. The van der Waals surface area contributed by atoms with E-state index in [1.165, 1.54) is 0 Å². The molecule has 4 rings (SSSR count). The Hall–Kier alpha value is -2.70. The second-order valence-corrected chi connectivity index (χ2v) is 6.15. The Morgan fingerprint density at radius 1 is 1.38 bits per heavy atom. The molecule has 24 heavy (non-hydrogen) atoms. The van der Waals surface area contributed by atoms with Crippen molar-refractivity contribution in [3.8, 4) is 0 Å². The fraction of sp³-hybridized carbons (Fsp3) is 0.333. The number of likely N-dealkylation sites (N-methyl/N-ethyl adjacent to an activating group) is 1. The minimum absolute atomic E-state index is 0.565. The summed E-state index contributed by atoms with van der Waals surface area (Å²) in [5.41, 5.74) is 10.8. The van der Waals surface area contributed by atoms with Gasteiger partial charge in [0.05, 0.1) is 18.8 Å². The number of nitrogens with zero attached hydrogens (tertiary/aromatic N) is 8. The van der Waals surface area contributed by atoms with Crippen LogP contribution in [0.4, 0.5) is 0 Å². The molecule has 3 aliphatic heterocycles. The molecule has 9 heteroatoms. The van der Waals surface area contributed by atoms with Crippen LogP contribution in [0.5, 0.6) is 0 Å². The van der Waals surface area contributed by atoms with Crippen molar-refractivity contribution in [2.24, 2.45) is 15.1 Å². The van der Waals surface area contributed by atoms with Crippen LogP contribution in [-0.2, 0) is 6.54 Å². The van der Waals surface area contributed by atoms with Gasteiger partial charge in [0.15, 0.2) is 5.84 Å².